The van der Waals surface area contributed by atoms with Crippen LogP contribution in [-0.2, 0) is 11.3 Å². The molecular weight excluding hydrogens is 221 g/mol. The average molecular weight is 237 g/mol. The Morgan fingerprint density at radius 1 is 1.47 bits per heavy atom. The number of nitrogens with one attached hydrogen (secondary N) is 1. The third-order valence-corrected chi connectivity index (χ3v) is 2.84. The molecule has 1 aromatic rings. The quantitative estimate of drug-likeness (QED) is 0.745. The number of halogens is 1. The van der Waals surface area contributed by atoms with Crippen LogP contribution in [0.2, 0.25) is 0 Å². The van der Waals surface area contributed by atoms with Crippen molar-refractivity contribution in [1.82, 2.24) is 10.2 Å². The van der Waals surface area contributed by atoms with Gasteiger partial charge in [-0.1, -0.05) is 0 Å². The Bertz CT molecular complexity index is 422. The maximum absolute atomic E-state index is 13.1. The van der Waals surface area contributed by atoms with E-state index in [4.69, 9.17) is 5.73 Å². The largest absolute Gasteiger partial charge is 0.398 e. The van der Waals surface area contributed by atoms with Crippen LogP contribution in [0, 0.1) is 5.82 Å². The molecule has 1 aliphatic rings. The van der Waals surface area contributed by atoms with Crippen molar-refractivity contribution in [2.75, 3.05) is 25.4 Å². The van der Waals surface area contributed by atoms with E-state index in [9.17, 15) is 9.18 Å². The van der Waals surface area contributed by atoms with Gasteiger partial charge >= 0.3 is 0 Å². The summed E-state index contributed by atoms with van der Waals surface area (Å²) in [6.07, 6.45) is 0.904. The molecule has 4 nitrogen and oxygen atoms in total. The summed E-state index contributed by atoms with van der Waals surface area (Å²) in [6, 6.07) is 4.33. The van der Waals surface area contributed by atoms with E-state index in [0.29, 0.717) is 25.3 Å². The highest BCUT2D eigenvalue weighted by molar-refractivity contribution is 5.78. The molecule has 1 heterocycles. The number of amides is 1. The Kier molecular flexibility index (Phi) is 3.58. The molecular formula is C12H16FN3O. The molecule has 0 aromatic heterocycles. The Balaban J connectivity index is 2.08. The molecule has 0 radical (unpaired) electrons. The fourth-order valence-electron chi connectivity index (χ4n) is 1.96. The third kappa shape index (κ3) is 3.17. The van der Waals surface area contributed by atoms with Crippen LogP contribution >= 0.6 is 0 Å². The van der Waals surface area contributed by atoms with Gasteiger partial charge in [0.2, 0.25) is 5.91 Å². The molecule has 0 aliphatic carbocycles. The van der Waals surface area contributed by atoms with Crippen molar-refractivity contribution in [3.05, 3.63) is 29.6 Å². The summed E-state index contributed by atoms with van der Waals surface area (Å²) in [7, 11) is 0. The van der Waals surface area contributed by atoms with Gasteiger partial charge in [0, 0.05) is 25.3 Å². The number of benzene rings is 1. The first-order valence-corrected chi connectivity index (χ1v) is 5.68. The van der Waals surface area contributed by atoms with Crippen molar-refractivity contribution < 1.29 is 9.18 Å². The predicted molar refractivity (Wildman–Crippen MR) is 63.7 cm³/mol. The lowest BCUT2D eigenvalue weighted by atomic mass is 10.1. The van der Waals surface area contributed by atoms with Crippen molar-refractivity contribution in [3.8, 4) is 0 Å². The van der Waals surface area contributed by atoms with Crippen LogP contribution in [0.4, 0.5) is 10.1 Å². The number of hydrogen-bond acceptors (Lipinski definition) is 3. The minimum atomic E-state index is -0.298. The number of rotatable bonds is 2. The van der Waals surface area contributed by atoms with Crippen LogP contribution in [0.5, 0.6) is 0 Å². The smallest absolute Gasteiger partial charge is 0.234 e. The van der Waals surface area contributed by atoms with Gasteiger partial charge in [0.25, 0.3) is 0 Å². The lowest BCUT2D eigenvalue weighted by Gasteiger charge is -2.19. The fraction of sp³-hybridized carbons (Fsp3) is 0.417. The maximum Gasteiger partial charge on any atom is 0.234 e. The number of carbonyl (C=O) groups excluding carboxylic acids is 1. The van der Waals surface area contributed by atoms with Crippen molar-refractivity contribution >= 4 is 11.6 Å². The Hall–Kier alpha value is -1.62. The van der Waals surface area contributed by atoms with Gasteiger partial charge in [-0.25, -0.2) is 4.39 Å². The minimum Gasteiger partial charge on any atom is -0.398 e. The maximum atomic E-state index is 13.1. The first-order valence-electron chi connectivity index (χ1n) is 5.68. The normalized spacial score (nSPS) is 17.6. The van der Waals surface area contributed by atoms with Crippen LogP contribution in [-0.4, -0.2) is 30.4 Å². The van der Waals surface area contributed by atoms with Gasteiger partial charge in [0.1, 0.15) is 5.82 Å². The first kappa shape index (κ1) is 11.9. The highest BCUT2D eigenvalue weighted by Gasteiger charge is 2.15. The van der Waals surface area contributed by atoms with E-state index in [0.717, 1.165) is 18.5 Å². The number of nitrogen functional groups attached to an aromatic ring is 1. The zero-order valence-corrected chi connectivity index (χ0v) is 9.58. The SMILES string of the molecule is Nc1ccc(F)cc1CN1CCCNC(=O)C1. The van der Waals surface area contributed by atoms with Gasteiger partial charge in [0.05, 0.1) is 6.54 Å². The molecule has 5 heteroatoms. The highest BCUT2D eigenvalue weighted by atomic mass is 19.1. The highest BCUT2D eigenvalue weighted by Crippen LogP contribution is 2.16. The summed E-state index contributed by atoms with van der Waals surface area (Å²) < 4.78 is 13.1. The van der Waals surface area contributed by atoms with E-state index in [1.54, 1.807) is 6.07 Å². The molecule has 3 N–H and O–H groups in total. The van der Waals surface area contributed by atoms with Gasteiger partial charge in [-0.2, -0.15) is 0 Å². The van der Waals surface area contributed by atoms with Crippen LogP contribution in [0.15, 0.2) is 18.2 Å². The Morgan fingerprint density at radius 3 is 3.12 bits per heavy atom. The van der Waals surface area contributed by atoms with E-state index in [1.165, 1.54) is 12.1 Å². The zero-order valence-electron chi connectivity index (χ0n) is 9.58. The van der Waals surface area contributed by atoms with Gasteiger partial charge in [-0.05, 0) is 30.2 Å². The lowest BCUT2D eigenvalue weighted by molar-refractivity contribution is -0.121. The monoisotopic (exact) mass is 237 g/mol. The van der Waals surface area contributed by atoms with Gasteiger partial charge < -0.3 is 11.1 Å². The van der Waals surface area contributed by atoms with Crippen molar-refractivity contribution in [1.29, 1.82) is 0 Å². The predicted octanol–water partition coefficient (Wildman–Crippen LogP) is 0.730. The van der Waals surface area contributed by atoms with E-state index < -0.39 is 0 Å². The van der Waals surface area contributed by atoms with Crippen molar-refractivity contribution in [2.45, 2.75) is 13.0 Å². The van der Waals surface area contributed by atoms with E-state index in [-0.39, 0.29) is 11.7 Å². The summed E-state index contributed by atoms with van der Waals surface area (Å²) in [5.41, 5.74) is 7.09. The topological polar surface area (TPSA) is 58.4 Å². The Morgan fingerprint density at radius 2 is 2.29 bits per heavy atom. The molecule has 0 saturated carbocycles. The number of nitrogens with zero attached hydrogens (tertiary/aromatic N) is 1. The summed E-state index contributed by atoms with van der Waals surface area (Å²) in [4.78, 5) is 13.4. The molecule has 0 spiro atoms. The van der Waals surface area contributed by atoms with Gasteiger partial charge in [-0.15, -0.1) is 0 Å². The Labute approximate surface area is 99.6 Å². The fourth-order valence-corrected chi connectivity index (χ4v) is 1.96. The molecule has 1 aliphatic heterocycles. The number of anilines is 1. The second-order valence-electron chi connectivity index (χ2n) is 4.26. The molecule has 1 amide bonds. The third-order valence-electron chi connectivity index (χ3n) is 2.84. The summed E-state index contributed by atoms with van der Waals surface area (Å²) >= 11 is 0. The number of nitrogens with two attached hydrogens (primary N) is 1. The number of hydrogen-bond donors (Lipinski definition) is 2. The van der Waals surface area contributed by atoms with E-state index in [2.05, 4.69) is 5.32 Å². The second kappa shape index (κ2) is 5.14. The molecule has 0 bridgehead atoms. The molecule has 92 valence electrons. The van der Waals surface area contributed by atoms with Crippen LogP contribution in [0.3, 0.4) is 0 Å². The standard InChI is InChI=1S/C12H16FN3O/c13-10-2-3-11(14)9(6-10)7-16-5-1-4-15-12(17)8-16/h2-3,6H,1,4-5,7-8,14H2,(H,15,17). The van der Waals surface area contributed by atoms with Crippen LogP contribution in [0.1, 0.15) is 12.0 Å². The molecule has 17 heavy (non-hydrogen) atoms. The zero-order chi connectivity index (χ0) is 12.3. The number of carbonyl (C=O) groups is 1. The summed E-state index contributed by atoms with van der Waals surface area (Å²) in [6.45, 7) is 2.37. The summed E-state index contributed by atoms with van der Waals surface area (Å²) in [5.74, 6) is -0.286. The van der Waals surface area contributed by atoms with E-state index in [1.807, 2.05) is 4.90 Å². The van der Waals surface area contributed by atoms with Gasteiger partial charge in [0.15, 0.2) is 0 Å². The van der Waals surface area contributed by atoms with Crippen molar-refractivity contribution in [2.24, 2.45) is 0 Å². The lowest BCUT2D eigenvalue weighted by Crippen LogP contribution is -2.32. The van der Waals surface area contributed by atoms with Crippen LogP contribution in [0.25, 0.3) is 0 Å². The van der Waals surface area contributed by atoms with Crippen molar-refractivity contribution in [3.63, 3.8) is 0 Å². The first-order chi connectivity index (χ1) is 8.15. The molecule has 0 atom stereocenters. The average Bonchev–Trinajstić information content (AvgIpc) is 2.48. The van der Waals surface area contributed by atoms with Crippen LogP contribution < -0.4 is 11.1 Å². The molecule has 1 saturated heterocycles. The molecule has 1 fully saturated rings. The minimum absolute atomic E-state index is 0.0116. The summed E-state index contributed by atoms with van der Waals surface area (Å²) in [5, 5.41) is 2.80. The molecule has 2 rings (SSSR count). The van der Waals surface area contributed by atoms with E-state index >= 15 is 0 Å². The molecule has 1 aromatic carbocycles. The van der Waals surface area contributed by atoms with Gasteiger partial charge in [-0.3, -0.25) is 9.69 Å². The second-order valence-corrected chi connectivity index (χ2v) is 4.26. The molecule has 0 unspecified atom stereocenters.